The first-order chi connectivity index (χ1) is 7.96. The van der Waals surface area contributed by atoms with Gasteiger partial charge in [0.25, 0.3) is 5.76 Å². The van der Waals surface area contributed by atoms with Crippen molar-refractivity contribution in [2.75, 3.05) is 6.54 Å². The molecule has 0 bridgehead atoms. The average Bonchev–Trinajstić information content (AvgIpc) is 2.81. The van der Waals surface area contributed by atoms with E-state index in [9.17, 15) is 8.78 Å². The van der Waals surface area contributed by atoms with Crippen LogP contribution in [0.5, 0.6) is 0 Å². The maximum Gasteiger partial charge on any atom is 0.288 e. The van der Waals surface area contributed by atoms with Crippen LogP contribution in [0.2, 0.25) is 0 Å². The Morgan fingerprint density at radius 1 is 1.29 bits per heavy atom. The normalized spacial score (nSPS) is 26.2. The molecular weight excluding hydrogens is 240 g/mol. The van der Waals surface area contributed by atoms with Crippen LogP contribution in [0, 0.1) is 11.3 Å². The van der Waals surface area contributed by atoms with Gasteiger partial charge in [0.05, 0.1) is 0 Å². The van der Waals surface area contributed by atoms with Crippen molar-refractivity contribution in [3.8, 4) is 0 Å². The molecule has 1 fully saturated rings. The Bertz CT molecular complexity index is 389. The van der Waals surface area contributed by atoms with Crippen LogP contribution in [0.25, 0.3) is 0 Å². The lowest BCUT2D eigenvalue weighted by atomic mass is 10.0. The first-order valence-electron chi connectivity index (χ1n) is 5.71. The molecule has 1 saturated carbocycles. The van der Waals surface area contributed by atoms with E-state index in [-0.39, 0.29) is 5.41 Å². The first-order valence-corrected chi connectivity index (χ1v) is 6.59. The fourth-order valence-electron chi connectivity index (χ4n) is 2.70. The predicted molar refractivity (Wildman–Crippen MR) is 67.4 cm³/mol. The Labute approximate surface area is 105 Å². The van der Waals surface area contributed by atoms with Crippen LogP contribution in [0.15, 0.2) is 29.2 Å². The average molecular weight is 257 g/mol. The Hall–Kier alpha value is -0.610. The molecule has 0 unspecified atom stereocenters. The largest absolute Gasteiger partial charge is 0.330 e. The standard InChI is InChI=1S/C13H17F2NS/c1-13(2)10(7-16)11(13)8-3-5-9(6-4-8)17-12(14)15/h3-6,10-12H,7,16H2,1-2H3/t10-,11-/m1/s1. The van der Waals surface area contributed by atoms with Gasteiger partial charge in [-0.05, 0) is 41.5 Å². The van der Waals surface area contributed by atoms with Crippen molar-refractivity contribution in [3.63, 3.8) is 0 Å². The van der Waals surface area contributed by atoms with Crippen molar-refractivity contribution in [1.29, 1.82) is 0 Å². The maximum atomic E-state index is 12.2. The van der Waals surface area contributed by atoms with E-state index in [2.05, 4.69) is 13.8 Å². The highest BCUT2D eigenvalue weighted by atomic mass is 32.2. The van der Waals surface area contributed by atoms with Crippen molar-refractivity contribution in [2.45, 2.75) is 30.4 Å². The Balaban J connectivity index is 2.09. The fourth-order valence-corrected chi connectivity index (χ4v) is 3.20. The molecule has 0 amide bonds. The summed E-state index contributed by atoms with van der Waals surface area (Å²) in [6, 6.07) is 7.45. The number of hydrogen-bond donors (Lipinski definition) is 1. The van der Waals surface area contributed by atoms with Crippen LogP contribution in [0.4, 0.5) is 8.78 Å². The Morgan fingerprint density at radius 3 is 2.29 bits per heavy atom. The number of halogens is 2. The summed E-state index contributed by atoms with van der Waals surface area (Å²) in [6.07, 6.45) is 0. The van der Waals surface area contributed by atoms with Crippen molar-refractivity contribution in [2.24, 2.45) is 17.1 Å². The molecule has 4 heteroatoms. The monoisotopic (exact) mass is 257 g/mol. The van der Waals surface area contributed by atoms with Crippen LogP contribution >= 0.6 is 11.8 Å². The molecule has 2 N–H and O–H groups in total. The van der Waals surface area contributed by atoms with Crippen molar-refractivity contribution in [1.82, 2.24) is 0 Å². The van der Waals surface area contributed by atoms with Gasteiger partial charge in [0.15, 0.2) is 0 Å². The summed E-state index contributed by atoms with van der Waals surface area (Å²) in [5, 5.41) is 0. The van der Waals surface area contributed by atoms with Crippen molar-refractivity contribution in [3.05, 3.63) is 29.8 Å². The number of thioether (sulfide) groups is 1. The molecule has 0 radical (unpaired) electrons. The van der Waals surface area contributed by atoms with Crippen molar-refractivity contribution < 1.29 is 8.78 Å². The molecule has 0 heterocycles. The smallest absolute Gasteiger partial charge is 0.288 e. The minimum Gasteiger partial charge on any atom is -0.330 e. The zero-order valence-corrected chi connectivity index (χ0v) is 10.8. The number of rotatable bonds is 4. The van der Waals surface area contributed by atoms with Crippen LogP contribution < -0.4 is 5.73 Å². The second-order valence-electron chi connectivity index (χ2n) is 5.09. The topological polar surface area (TPSA) is 26.0 Å². The lowest BCUT2D eigenvalue weighted by Crippen LogP contribution is -2.05. The molecule has 94 valence electrons. The predicted octanol–water partition coefficient (Wildman–Crippen LogP) is 3.70. The van der Waals surface area contributed by atoms with Crippen LogP contribution in [-0.4, -0.2) is 12.3 Å². The summed E-state index contributed by atoms with van der Waals surface area (Å²) in [4.78, 5) is 0.617. The minimum absolute atomic E-state index is 0.242. The SMILES string of the molecule is CC1(C)[C@H](CN)[C@H]1c1ccc(SC(F)F)cc1. The molecule has 0 saturated heterocycles. The van der Waals surface area contributed by atoms with Crippen LogP contribution in [0.3, 0.4) is 0 Å². The van der Waals surface area contributed by atoms with E-state index in [0.717, 1.165) is 0 Å². The van der Waals surface area contributed by atoms with Gasteiger partial charge in [-0.1, -0.05) is 37.7 Å². The summed E-state index contributed by atoms with van der Waals surface area (Å²) in [7, 11) is 0. The summed E-state index contributed by atoms with van der Waals surface area (Å²) < 4.78 is 24.4. The molecule has 0 spiro atoms. The summed E-state index contributed by atoms with van der Waals surface area (Å²) >= 11 is 0.588. The summed E-state index contributed by atoms with van der Waals surface area (Å²) in [6.45, 7) is 5.10. The molecule has 0 aromatic heterocycles. The molecular formula is C13H17F2NS. The molecule has 2 rings (SSSR count). The Kier molecular flexibility index (Phi) is 3.46. The van der Waals surface area contributed by atoms with Crippen molar-refractivity contribution >= 4 is 11.8 Å². The lowest BCUT2D eigenvalue weighted by Gasteiger charge is -2.05. The van der Waals surface area contributed by atoms with E-state index >= 15 is 0 Å². The maximum absolute atomic E-state index is 12.2. The number of nitrogens with two attached hydrogens (primary N) is 1. The van der Waals surface area contributed by atoms with Gasteiger partial charge in [-0.25, -0.2) is 0 Å². The van der Waals surface area contributed by atoms with Crippen LogP contribution in [0.1, 0.15) is 25.3 Å². The third-order valence-electron chi connectivity index (χ3n) is 3.77. The third kappa shape index (κ3) is 2.47. The van der Waals surface area contributed by atoms with Gasteiger partial charge in [-0.15, -0.1) is 0 Å². The zero-order chi connectivity index (χ0) is 12.6. The molecule has 1 aromatic carbocycles. The summed E-state index contributed by atoms with van der Waals surface area (Å²) in [5.74, 6) is -1.37. The molecule has 1 aliphatic rings. The molecule has 0 aliphatic heterocycles. The van der Waals surface area contributed by atoms with Gasteiger partial charge in [0.1, 0.15) is 0 Å². The first kappa shape index (κ1) is 12.8. The van der Waals surface area contributed by atoms with E-state index in [4.69, 9.17) is 5.73 Å². The van der Waals surface area contributed by atoms with Gasteiger partial charge in [0.2, 0.25) is 0 Å². The van der Waals surface area contributed by atoms with Gasteiger partial charge < -0.3 is 5.73 Å². The van der Waals surface area contributed by atoms with Gasteiger partial charge in [-0.2, -0.15) is 8.78 Å². The van der Waals surface area contributed by atoms with Gasteiger partial charge >= 0.3 is 0 Å². The number of hydrogen-bond acceptors (Lipinski definition) is 2. The number of benzene rings is 1. The van der Waals surface area contributed by atoms with E-state index < -0.39 is 5.76 Å². The second-order valence-corrected chi connectivity index (χ2v) is 6.15. The molecule has 1 nitrogen and oxygen atoms in total. The minimum atomic E-state index is -2.35. The molecule has 17 heavy (non-hydrogen) atoms. The highest BCUT2D eigenvalue weighted by Gasteiger charge is 2.56. The highest BCUT2D eigenvalue weighted by molar-refractivity contribution is 7.99. The van der Waals surface area contributed by atoms with E-state index in [1.165, 1.54) is 5.56 Å². The zero-order valence-electron chi connectivity index (χ0n) is 9.99. The second kappa shape index (κ2) is 4.58. The lowest BCUT2D eigenvalue weighted by molar-refractivity contribution is 0.252. The van der Waals surface area contributed by atoms with Gasteiger partial charge in [0, 0.05) is 4.90 Å². The summed E-state index contributed by atoms with van der Waals surface area (Å²) in [5.41, 5.74) is 7.18. The quantitative estimate of drug-likeness (QED) is 0.832. The van der Waals surface area contributed by atoms with E-state index in [1.807, 2.05) is 12.1 Å². The Morgan fingerprint density at radius 2 is 1.88 bits per heavy atom. The van der Waals surface area contributed by atoms with Crippen LogP contribution in [-0.2, 0) is 0 Å². The van der Waals surface area contributed by atoms with E-state index in [0.29, 0.717) is 35.0 Å². The highest BCUT2D eigenvalue weighted by Crippen LogP contribution is 2.63. The molecule has 2 atom stereocenters. The number of alkyl halides is 2. The fraction of sp³-hybridized carbons (Fsp3) is 0.538. The molecule has 1 aromatic rings. The molecule has 1 aliphatic carbocycles. The van der Waals surface area contributed by atoms with E-state index in [1.54, 1.807) is 12.1 Å². The third-order valence-corrected chi connectivity index (χ3v) is 4.49. The van der Waals surface area contributed by atoms with Gasteiger partial charge in [-0.3, -0.25) is 0 Å².